The Morgan fingerprint density at radius 2 is 2.40 bits per heavy atom. The molecule has 3 heterocycles. The fourth-order valence-corrected chi connectivity index (χ4v) is 1.77. The molecule has 0 fully saturated rings. The van der Waals surface area contributed by atoms with Crippen LogP contribution in [0, 0.1) is 0 Å². The van der Waals surface area contributed by atoms with Crippen molar-refractivity contribution in [3.05, 3.63) is 36.0 Å². The molecule has 0 spiro atoms. The minimum Gasteiger partial charge on any atom is -0.472 e. The van der Waals surface area contributed by atoms with Crippen LogP contribution in [0.3, 0.4) is 0 Å². The molecule has 2 aromatic heterocycles. The van der Waals surface area contributed by atoms with E-state index in [9.17, 15) is 0 Å². The summed E-state index contributed by atoms with van der Waals surface area (Å²) in [6.07, 6.45) is 6.18. The second-order valence-electron chi connectivity index (χ2n) is 3.60. The highest BCUT2D eigenvalue weighted by atomic mass is 16.3. The van der Waals surface area contributed by atoms with E-state index in [0.717, 1.165) is 36.6 Å². The molecule has 0 unspecified atom stereocenters. The van der Waals surface area contributed by atoms with Crippen molar-refractivity contribution in [2.24, 2.45) is 0 Å². The van der Waals surface area contributed by atoms with Gasteiger partial charge < -0.3 is 9.73 Å². The third-order valence-electron chi connectivity index (χ3n) is 2.59. The maximum Gasteiger partial charge on any atom is 0.162 e. The molecule has 0 radical (unpaired) electrons. The highest BCUT2D eigenvalue weighted by Gasteiger charge is 2.12. The number of hydrogen-bond acceptors (Lipinski definition) is 4. The van der Waals surface area contributed by atoms with Gasteiger partial charge in [0.15, 0.2) is 5.82 Å². The minimum atomic E-state index is 0.754. The number of fused-ring (bicyclic) bond motifs is 1. The van der Waals surface area contributed by atoms with Crippen LogP contribution in [0.2, 0.25) is 0 Å². The van der Waals surface area contributed by atoms with E-state index in [2.05, 4.69) is 15.3 Å². The van der Waals surface area contributed by atoms with Crippen molar-refractivity contribution >= 4 is 0 Å². The van der Waals surface area contributed by atoms with Gasteiger partial charge >= 0.3 is 0 Å². The summed E-state index contributed by atoms with van der Waals surface area (Å²) in [4.78, 5) is 8.87. The summed E-state index contributed by atoms with van der Waals surface area (Å²) in [6, 6.07) is 1.88. The largest absolute Gasteiger partial charge is 0.472 e. The van der Waals surface area contributed by atoms with E-state index in [1.54, 1.807) is 12.5 Å². The Bertz CT molecular complexity index is 465. The van der Waals surface area contributed by atoms with Gasteiger partial charge in [-0.1, -0.05) is 0 Å². The van der Waals surface area contributed by atoms with E-state index < -0.39 is 0 Å². The van der Waals surface area contributed by atoms with Crippen molar-refractivity contribution in [2.45, 2.75) is 13.0 Å². The van der Waals surface area contributed by atoms with Crippen LogP contribution in [0.5, 0.6) is 0 Å². The molecule has 15 heavy (non-hydrogen) atoms. The van der Waals surface area contributed by atoms with Crippen molar-refractivity contribution in [1.82, 2.24) is 15.3 Å². The van der Waals surface area contributed by atoms with Gasteiger partial charge in [0.05, 0.1) is 17.5 Å². The lowest BCUT2D eigenvalue weighted by molar-refractivity contribution is 0.567. The zero-order chi connectivity index (χ0) is 10.1. The van der Waals surface area contributed by atoms with Gasteiger partial charge in [-0.05, 0) is 6.07 Å². The van der Waals surface area contributed by atoms with Gasteiger partial charge in [-0.3, -0.25) is 0 Å². The number of nitrogens with zero attached hydrogens (tertiary/aromatic N) is 2. The average molecular weight is 201 g/mol. The zero-order valence-corrected chi connectivity index (χ0v) is 8.23. The number of nitrogens with one attached hydrogen (secondary N) is 1. The van der Waals surface area contributed by atoms with Crippen molar-refractivity contribution < 1.29 is 4.42 Å². The van der Waals surface area contributed by atoms with Crippen LogP contribution < -0.4 is 5.32 Å². The van der Waals surface area contributed by atoms with E-state index in [1.165, 1.54) is 5.56 Å². The summed E-state index contributed by atoms with van der Waals surface area (Å²) < 4.78 is 5.02. The first kappa shape index (κ1) is 8.61. The van der Waals surface area contributed by atoms with Gasteiger partial charge in [0.25, 0.3) is 0 Å². The summed E-state index contributed by atoms with van der Waals surface area (Å²) in [5, 5.41) is 3.30. The molecule has 0 atom stereocenters. The fourth-order valence-electron chi connectivity index (χ4n) is 1.77. The molecule has 0 aromatic carbocycles. The van der Waals surface area contributed by atoms with Crippen LogP contribution >= 0.6 is 0 Å². The Morgan fingerprint density at radius 3 is 3.27 bits per heavy atom. The fraction of sp³-hybridized carbons (Fsp3) is 0.273. The monoisotopic (exact) mass is 201 g/mol. The second kappa shape index (κ2) is 3.47. The zero-order valence-electron chi connectivity index (χ0n) is 8.23. The number of rotatable bonds is 1. The lowest BCUT2D eigenvalue weighted by Crippen LogP contribution is -2.24. The number of furan rings is 1. The maximum absolute atomic E-state index is 5.02. The van der Waals surface area contributed by atoms with E-state index in [0.29, 0.717) is 0 Å². The predicted molar refractivity (Wildman–Crippen MR) is 55.1 cm³/mol. The Hall–Kier alpha value is -1.68. The Balaban J connectivity index is 2.04. The van der Waals surface area contributed by atoms with Gasteiger partial charge in [-0.25, -0.2) is 9.97 Å². The Labute approximate surface area is 87.4 Å². The summed E-state index contributed by atoms with van der Waals surface area (Å²) in [5.41, 5.74) is 3.30. The summed E-state index contributed by atoms with van der Waals surface area (Å²) in [7, 11) is 0. The van der Waals surface area contributed by atoms with Gasteiger partial charge in [0, 0.05) is 31.3 Å². The van der Waals surface area contributed by atoms with Crippen LogP contribution in [0.1, 0.15) is 11.3 Å². The lowest BCUT2D eigenvalue weighted by Gasteiger charge is -2.15. The van der Waals surface area contributed by atoms with Crippen LogP contribution in [0.15, 0.2) is 29.2 Å². The third kappa shape index (κ3) is 1.53. The molecule has 2 aromatic rings. The SMILES string of the molecule is c1cc(-c2ncc3c(n2)CCNC3)co1. The van der Waals surface area contributed by atoms with Crippen molar-refractivity contribution in [3.63, 3.8) is 0 Å². The molecule has 76 valence electrons. The van der Waals surface area contributed by atoms with E-state index >= 15 is 0 Å². The molecule has 0 bridgehead atoms. The molecule has 0 saturated carbocycles. The molecule has 3 rings (SSSR count). The van der Waals surface area contributed by atoms with Crippen molar-refractivity contribution in [3.8, 4) is 11.4 Å². The summed E-state index contributed by atoms with van der Waals surface area (Å²) in [6.45, 7) is 1.87. The number of aromatic nitrogens is 2. The van der Waals surface area contributed by atoms with Crippen molar-refractivity contribution in [2.75, 3.05) is 6.54 Å². The topological polar surface area (TPSA) is 51.0 Å². The van der Waals surface area contributed by atoms with E-state index in [1.807, 2.05) is 12.3 Å². The van der Waals surface area contributed by atoms with Crippen LogP contribution in [-0.4, -0.2) is 16.5 Å². The molecule has 4 nitrogen and oxygen atoms in total. The third-order valence-corrected chi connectivity index (χ3v) is 2.59. The van der Waals surface area contributed by atoms with Gasteiger partial charge in [0.1, 0.15) is 6.26 Å². The number of hydrogen-bond donors (Lipinski definition) is 1. The molecular formula is C11H11N3O. The van der Waals surface area contributed by atoms with Crippen LogP contribution in [-0.2, 0) is 13.0 Å². The first-order chi connectivity index (χ1) is 7.43. The molecule has 0 saturated heterocycles. The second-order valence-corrected chi connectivity index (χ2v) is 3.60. The van der Waals surface area contributed by atoms with Crippen LogP contribution in [0.4, 0.5) is 0 Å². The molecule has 1 aliphatic heterocycles. The lowest BCUT2D eigenvalue weighted by atomic mass is 10.1. The normalized spacial score (nSPS) is 14.9. The molecular weight excluding hydrogens is 190 g/mol. The summed E-state index contributed by atoms with van der Waals surface area (Å²) in [5.74, 6) is 0.754. The van der Waals surface area contributed by atoms with E-state index in [-0.39, 0.29) is 0 Å². The molecule has 1 aliphatic rings. The Morgan fingerprint density at radius 1 is 1.40 bits per heavy atom. The first-order valence-corrected chi connectivity index (χ1v) is 5.01. The average Bonchev–Trinajstić information content (AvgIpc) is 2.82. The summed E-state index contributed by atoms with van der Waals surface area (Å²) >= 11 is 0. The van der Waals surface area contributed by atoms with Gasteiger partial charge in [-0.2, -0.15) is 0 Å². The van der Waals surface area contributed by atoms with Crippen LogP contribution in [0.25, 0.3) is 11.4 Å². The molecule has 4 heteroatoms. The molecule has 0 aliphatic carbocycles. The van der Waals surface area contributed by atoms with Crippen molar-refractivity contribution in [1.29, 1.82) is 0 Å². The van der Waals surface area contributed by atoms with Gasteiger partial charge in [-0.15, -0.1) is 0 Å². The molecule has 1 N–H and O–H groups in total. The minimum absolute atomic E-state index is 0.754. The molecule has 0 amide bonds. The smallest absolute Gasteiger partial charge is 0.162 e. The first-order valence-electron chi connectivity index (χ1n) is 5.01. The maximum atomic E-state index is 5.02. The van der Waals surface area contributed by atoms with E-state index in [4.69, 9.17) is 4.42 Å². The highest BCUT2D eigenvalue weighted by molar-refractivity contribution is 5.52. The standard InChI is InChI=1S/C11H11N3O/c1-3-12-5-9-6-13-11(14-10(1)9)8-2-4-15-7-8/h2,4,6-7,12H,1,3,5H2. The predicted octanol–water partition coefficient (Wildman–Crippen LogP) is 1.38. The van der Waals surface area contributed by atoms with Gasteiger partial charge in [0.2, 0.25) is 0 Å². The highest BCUT2D eigenvalue weighted by Crippen LogP contribution is 2.18. The Kier molecular flexibility index (Phi) is 1.99. The quantitative estimate of drug-likeness (QED) is 0.757.